The van der Waals surface area contributed by atoms with Crippen LogP contribution >= 0.6 is 0 Å². The summed E-state index contributed by atoms with van der Waals surface area (Å²) in [5.41, 5.74) is 0.00929. The van der Waals surface area contributed by atoms with Crippen LogP contribution < -0.4 is 5.32 Å². The summed E-state index contributed by atoms with van der Waals surface area (Å²) in [6, 6.07) is 3.63. The SMILES string of the molecule is CCOC(=O)[C@H](C)C[C@H](NC(=O)c1cccc(F)c1)C(=O)O. The van der Waals surface area contributed by atoms with E-state index in [4.69, 9.17) is 9.84 Å². The van der Waals surface area contributed by atoms with Crippen molar-refractivity contribution in [2.45, 2.75) is 26.3 Å². The second kappa shape index (κ2) is 8.11. The molecule has 0 fully saturated rings. The maximum atomic E-state index is 13.1. The summed E-state index contributed by atoms with van der Waals surface area (Å²) in [6.07, 6.45) is -0.116. The van der Waals surface area contributed by atoms with E-state index in [1.165, 1.54) is 25.1 Å². The molecule has 2 N–H and O–H groups in total. The number of halogens is 1. The van der Waals surface area contributed by atoms with Crippen LogP contribution in [0.5, 0.6) is 0 Å². The molecule has 0 heterocycles. The van der Waals surface area contributed by atoms with Crippen molar-refractivity contribution in [1.82, 2.24) is 5.32 Å². The number of aliphatic carboxylic acids is 1. The smallest absolute Gasteiger partial charge is 0.326 e. The van der Waals surface area contributed by atoms with Gasteiger partial charge in [-0.1, -0.05) is 13.0 Å². The summed E-state index contributed by atoms with van der Waals surface area (Å²) in [5.74, 6) is -3.81. The standard InChI is InChI=1S/C15H18FNO5/c1-3-22-15(21)9(2)7-12(14(19)20)17-13(18)10-5-4-6-11(16)8-10/h4-6,8-9,12H,3,7H2,1-2H3,(H,17,18)(H,19,20)/t9-,12+/m1/s1. The van der Waals surface area contributed by atoms with Gasteiger partial charge in [0.05, 0.1) is 12.5 Å². The van der Waals surface area contributed by atoms with Gasteiger partial charge in [-0.25, -0.2) is 9.18 Å². The molecule has 0 saturated carbocycles. The number of carboxylic acid groups (broad SMARTS) is 1. The van der Waals surface area contributed by atoms with Gasteiger partial charge in [-0.2, -0.15) is 0 Å². The minimum absolute atomic E-state index is 0.00929. The molecule has 0 aliphatic carbocycles. The first-order valence-corrected chi connectivity index (χ1v) is 6.81. The van der Waals surface area contributed by atoms with Crippen molar-refractivity contribution < 1.29 is 28.6 Å². The predicted molar refractivity (Wildman–Crippen MR) is 75.7 cm³/mol. The summed E-state index contributed by atoms with van der Waals surface area (Å²) < 4.78 is 17.9. The Hall–Kier alpha value is -2.44. The quantitative estimate of drug-likeness (QED) is 0.746. The fraction of sp³-hybridized carbons (Fsp3) is 0.400. The highest BCUT2D eigenvalue weighted by molar-refractivity contribution is 5.96. The van der Waals surface area contributed by atoms with E-state index in [1.54, 1.807) is 6.92 Å². The number of nitrogens with one attached hydrogen (secondary N) is 1. The van der Waals surface area contributed by atoms with Gasteiger partial charge in [0.1, 0.15) is 11.9 Å². The zero-order chi connectivity index (χ0) is 16.7. The van der Waals surface area contributed by atoms with Crippen LogP contribution in [-0.4, -0.2) is 35.6 Å². The fourth-order valence-corrected chi connectivity index (χ4v) is 1.83. The molecule has 0 aliphatic rings. The predicted octanol–water partition coefficient (Wildman–Crippen LogP) is 1.60. The number of benzene rings is 1. The lowest BCUT2D eigenvalue weighted by Gasteiger charge is -2.18. The Labute approximate surface area is 127 Å². The van der Waals surface area contributed by atoms with Crippen molar-refractivity contribution in [2.75, 3.05) is 6.61 Å². The second-order valence-corrected chi connectivity index (χ2v) is 4.76. The summed E-state index contributed by atoms with van der Waals surface area (Å²) in [6.45, 7) is 3.35. The molecule has 0 radical (unpaired) electrons. The molecule has 0 aromatic heterocycles. The van der Waals surface area contributed by atoms with E-state index in [-0.39, 0.29) is 18.6 Å². The first-order chi connectivity index (χ1) is 10.3. The summed E-state index contributed by atoms with van der Waals surface area (Å²) in [5, 5.41) is 11.4. The van der Waals surface area contributed by atoms with E-state index in [2.05, 4.69) is 5.32 Å². The van der Waals surface area contributed by atoms with Crippen molar-refractivity contribution in [3.05, 3.63) is 35.6 Å². The lowest BCUT2D eigenvalue weighted by atomic mass is 10.0. The molecule has 7 heteroatoms. The highest BCUT2D eigenvalue weighted by atomic mass is 19.1. The van der Waals surface area contributed by atoms with E-state index in [9.17, 15) is 18.8 Å². The minimum atomic E-state index is -1.28. The number of esters is 1. The average molecular weight is 311 g/mol. The van der Waals surface area contributed by atoms with Crippen molar-refractivity contribution >= 4 is 17.8 Å². The number of hydrogen-bond acceptors (Lipinski definition) is 4. The summed E-state index contributed by atoms with van der Waals surface area (Å²) >= 11 is 0. The Morgan fingerprint density at radius 1 is 1.36 bits per heavy atom. The molecule has 120 valence electrons. The van der Waals surface area contributed by atoms with Gasteiger partial charge < -0.3 is 15.2 Å². The number of hydrogen-bond donors (Lipinski definition) is 2. The lowest BCUT2D eigenvalue weighted by molar-refractivity contribution is -0.148. The van der Waals surface area contributed by atoms with Crippen LogP contribution in [-0.2, 0) is 14.3 Å². The molecule has 2 atom stereocenters. The van der Waals surface area contributed by atoms with Crippen LogP contribution in [0.4, 0.5) is 4.39 Å². The molecular weight excluding hydrogens is 293 g/mol. The Balaban J connectivity index is 2.74. The van der Waals surface area contributed by atoms with E-state index in [0.29, 0.717) is 0 Å². The first kappa shape index (κ1) is 17.6. The molecule has 6 nitrogen and oxygen atoms in total. The van der Waals surface area contributed by atoms with Crippen molar-refractivity contribution in [2.24, 2.45) is 5.92 Å². The highest BCUT2D eigenvalue weighted by Gasteiger charge is 2.26. The molecule has 22 heavy (non-hydrogen) atoms. The van der Waals surface area contributed by atoms with Crippen molar-refractivity contribution in [3.8, 4) is 0 Å². The zero-order valence-corrected chi connectivity index (χ0v) is 12.3. The monoisotopic (exact) mass is 311 g/mol. The van der Waals surface area contributed by atoms with Gasteiger partial charge >= 0.3 is 11.9 Å². The minimum Gasteiger partial charge on any atom is -0.480 e. The van der Waals surface area contributed by atoms with Gasteiger partial charge in [0.25, 0.3) is 5.91 Å². The molecule has 0 aliphatic heterocycles. The van der Waals surface area contributed by atoms with Crippen LogP contribution in [0.15, 0.2) is 24.3 Å². The molecule has 1 amide bonds. The second-order valence-electron chi connectivity index (χ2n) is 4.76. The van der Waals surface area contributed by atoms with Gasteiger partial charge in [-0.15, -0.1) is 0 Å². The normalized spacial score (nSPS) is 13.0. The average Bonchev–Trinajstić information content (AvgIpc) is 2.46. The van der Waals surface area contributed by atoms with Gasteiger partial charge in [0, 0.05) is 5.56 Å². The Morgan fingerprint density at radius 3 is 2.59 bits per heavy atom. The number of carbonyl (C=O) groups is 3. The van der Waals surface area contributed by atoms with Crippen LogP contribution in [0, 0.1) is 11.7 Å². The third-order valence-electron chi connectivity index (χ3n) is 2.97. The molecular formula is C15H18FNO5. The molecule has 1 rings (SSSR count). The number of carbonyl (C=O) groups excluding carboxylic acids is 2. The van der Waals surface area contributed by atoms with Crippen LogP contribution in [0.1, 0.15) is 30.6 Å². The Morgan fingerprint density at radius 2 is 2.05 bits per heavy atom. The molecule has 1 aromatic carbocycles. The molecule has 0 bridgehead atoms. The number of rotatable bonds is 7. The van der Waals surface area contributed by atoms with E-state index in [1.807, 2.05) is 0 Å². The van der Waals surface area contributed by atoms with Crippen LogP contribution in [0.2, 0.25) is 0 Å². The molecule has 1 aromatic rings. The van der Waals surface area contributed by atoms with E-state index < -0.39 is 35.6 Å². The highest BCUT2D eigenvalue weighted by Crippen LogP contribution is 2.10. The largest absolute Gasteiger partial charge is 0.480 e. The van der Waals surface area contributed by atoms with Crippen molar-refractivity contribution in [3.63, 3.8) is 0 Å². The third kappa shape index (κ3) is 5.16. The summed E-state index contributed by atoms with van der Waals surface area (Å²) in [7, 11) is 0. The Kier molecular flexibility index (Phi) is 6.49. The van der Waals surface area contributed by atoms with Crippen molar-refractivity contribution in [1.29, 1.82) is 0 Å². The first-order valence-electron chi connectivity index (χ1n) is 6.81. The fourth-order valence-electron chi connectivity index (χ4n) is 1.83. The number of carboxylic acids is 1. The summed E-state index contributed by atoms with van der Waals surface area (Å²) in [4.78, 5) is 34.7. The maximum absolute atomic E-state index is 13.1. The number of ether oxygens (including phenoxy) is 1. The maximum Gasteiger partial charge on any atom is 0.326 e. The molecule has 0 saturated heterocycles. The number of amides is 1. The van der Waals surface area contributed by atoms with Crippen LogP contribution in [0.3, 0.4) is 0 Å². The third-order valence-corrected chi connectivity index (χ3v) is 2.97. The zero-order valence-electron chi connectivity index (χ0n) is 12.3. The van der Waals surface area contributed by atoms with E-state index >= 15 is 0 Å². The van der Waals surface area contributed by atoms with Gasteiger partial charge in [-0.05, 0) is 31.5 Å². The van der Waals surface area contributed by atoms with Crippen LogP contribution in [0.25, 0.3) is 0 Å². The lowest BCUT2D eigenvalue weighted by Crippen LogP contribution is -2.42. The van der Waals surface area contributed by atoms with Gasteiger partial charge in [0.15, 0.2) is 0 Å². The Bertz CT molecular complexity index is 561. The van der Waals surface area contributed by atoms with Gasteiger partial charge in [0.2, 0.25) is 0 Å². The molecule has 0 unspecified atom stereocenters. The topological polar surface area (TPSA) is 92.7 Å². The van der Waals surface area contributed by atoms with Gasteiger partial charge in [-0.3, -0.25) is 9.59 Å². The molecule has 0 spiro atoms. The van der Waals surface area contributed by atoms with E-state index in [0.717, 1.165) is 6.07 Å².